The number of aryl methyl sites for hydroxylation is 1. The molecule has 0 saturated carbocycles. The smallest absolute Gasteiger partial charge is 0.0237 e. The monoisotopic (exact) mass is 234 g/mol. The molecule has 1 unspecified atom stereocenters. The van der Waals surface area contributed by atoms with Crippen LogP contribution in [0.15, 0.2) is 24.3 Å². The first kappa shape index (κ1) is 14.2. The van der Waals surface area contributed by atoms with Crippen LogP contribution in [0.3, 0.4) is 0 Å². The minimum atomic E-state index is 0.597. The van der Waals surface area contributed by atoms with E-state index in [9.17, 15) is 0 Å². The maximum atomic E-state index is 3.55. The lowest BCUT2D eigenvalue weighted by atomic mass is 10.0. The zero-order valence-electron chi connectivity index (χ0n) is 11.8. The van der Waals surface area contributed by atoms with E-state index in [-0.39, 0.29) is 0 Å². The zero-order valence-corrected chi connectivity index (χ0v) is 11.8. The van der Waals surface area contributed by atoms with Crippen LogP contribution in [0.2, 0.25) is 0 Å². The Kier molecular flexibility index (Phi) is 5.66. The van der Waals surface area contributed by atoms with Crippen LogP contribution in [0, 0.1) is 12.8 Å². The minimum Gasteiger partial charge on any atom is -0.311 e. The molecule has 0 heterocycles. The van der Waals surface area contributed by atoms with Crippen molar-refractivity contribution in [2.45, 2.75) is 33.4 Å². The van der Waals surface area contributed by atoms with Gasteiger partial charge in [-0.25, -0.2) is 0 Å². The molecule has 1 rings (SSSR count). The Morgan fingerprint density at radius 1 is 1.24 bits per heavy atom. The Morgan fingerprint density at radius 3 is 2.47 bits per heavy atom. The molecule has 17 heavy (non-hydrogen) atoms. The highest BCUT2D eigenvalue weighted by molar-refractivity contribution is 5.21. The molecule has 0 bridgehead atoms. The van der Waals surface area contributed by atoms with Gasteiger partial charge in [-0.2, -0.15) is 0 Å². The Labute approximate surface area is 106 Å². The summed E-state index contributed by atoms with van der Waals surface area (Å²) >= 11 is 0. The summed E-state index contributed by atoms with van der Waals surface area (Å²) in [6, 6.07) is 9.28. The molecule has 1 N–H and O–H groups in total. The standard InChI is InChI=1S/C15H26N2/c1-12(2)15(17(4)5)11-16-10-14-8-6-7-13(3)9-14/h6-9,12,15-16H,10-11H2,1-5H3. The van der Waals surface area contributed by atoms with Gasteiger partial charge in [0, 0.05) is 19.1 Å². The molecule has 0 fully saturated rings. The number of benzene rings is 1. The van der Waals surface area contributed by atoms with E-state index in [1.807, 2.05) is 0 Å². The second kappa shape index (κ2) is 6.77. The highest BCUT2D eigenvalue weighted by Crippen LogP contribution is 2.07. The van der Waals surface area contributed by atoms with E-state index in [2.05, 4.69) is 69.3 Å². The van der Waals surface area contributed by atoms with Gasteiger partial charge in [-0.15, -0.1) is 0 Å². The van der Waals surface area contributed by atoms with Crippen molar-refractivity contribution in [3.05, 3.63) is 35.4 Å². The van der Waals surface area contributed by atoms with Crippen LogP contribution in [0.25, 0.3) is 0 Å². The number of nitrogens with zero attached hydrogens (tertiary/aromatic N) is 1. The number of rotatable bonds is 6. The highest BCUT2D eigenvalue weighted by atomic mass is 15.1. The summed E-state index contributed by atoms with van der Waals surface area (Å²) in [5, 5.41) is 3.55. The van der Waals surface area contributed by atoms with Crippen LogP contribution in [0.4, 0.5) is 0 Å². The Balaban J connectivity index is 2.41. The summed E-state index contributed by atoms with van der Waals surface area (Å²) in [4.78, 5) is 2.30. The largest absolute Gasteiger partial charge is 0.311 e. The Bertz CT molecular complexity index is 323. The summed E-state index contributed by atoms with van der Waals surface area (Å²) in [5.41, 5.74) is 2.70. The topological polar surface area (TPSA) is 15.3 Å². The number of hydrogen-bond acceptors (Lipinski definition) is 2. The van der Waals surface area contributed by atoms with Crippen LogP contribution in [0.1, 0.15) is 25.0 Å². The summed E-state index contributed by atoms with van der Waals surface area (Å²) in [6.07, 6.45) is 0. The molecule has 0 aliphatic rings. The Morgan fingerprint density at radius 2 is 1.94 bits per heavy atom. The quantitative estimate of drug-likeness (QED) is 0.814. The summed E-state index contributed by atoms with van der Waals surface area (Å²) in [7, 11) is 4.30. The van der Waals surface area contributed by atoms with Gasteiger partial charge in [0.2, 0.25) is 0 Å². The molecule has 0 amide bonds. The van der Waals surface area contributed by atoms with Gasteiger partial charge in [-0.3, -0.25) is 0 Å². The van der Waals surface area contributed by atoms with E-state index in [1.165, 1.54) is 11.1 Å². The van der Waals surface area contributed by atoms with Gasteiger partial charge in [0.25, 0.3) is 0 Å². The van der Waals surface area contributed by atoms with Crippen molar-refractivity contribution in [2.75, 3.05) is 20.6 Å². The number of nitrogens with one attached hydrogen (secondary N) is 1. The zero-order chi connectivity index (χ0) is 12.8. The molecular weight excluding hydrogens is 208 g/mol. The van der Waals surface area contributed by atoms with Gasteiger partial charge in [-0.05, 0) is 32.5 Å². The second-order valence-corrected chi connectivity index (χ2v) is 5.39. The minimum absolute atomic E-state index is 0.597. The van der Waals surface area contributed by atoms with Crippen molar-refractivity contribution in [1.29, 1.82) is 0 Å². The normalized spacial score (nSPS) is 13.4. The predicted molar refractivity (Wildman–Crippen MR) is 75.2 cm³/mol. The molecule has 1 atom stereocenters. The first-order chi connectivity index (χ1) is 8.00. The lowest BCUT2D eigenvalue weighted by Crippen LogP contribution is -2.41. The molecule has 2 heteroatoms. The molecule has 2 nitrogen and oxygen atoms in total. The molecular formula is C15H26N2. The fourth-order valence-electron chi connectivity index (χ4n) is 2.20. The van der Waals surface area contributed by atoms with E-state index in [4.69, 9.17) is 0 Å². The van der Waals surface area contributed by atoms with Crippen molar-refractivity contribution < 1.29 is 0 Å². The van der Waals surface area contributed by atoms with Crippen molar-refractivity contribution in [1.82, 2.24) is 10.2 Å². The van der Waals surface area contributed by atoms with Gasteiger partial charge in [-0.1, -0.05) is 43.7 Å². The second-order valence-electron chi connectivity index (χ2n) is 5.39. The van der Waals surface area contributed by atoms with Gasteiger partial charge < -0.3 is 10.2 Å². The van der Waals surface area contributed by atoms with Crippen molar-refractivity contribution >= 4 is 0 Å². The molecule has 0 aliphatic carbocycles. The van der Waals surface area contributed by atoms with Crippen LogP contribution in [-0.4, -0.2) is 31.6 Å². The predicted octanol–water partition coefficient (Wildman–Crippen LogP) is 2.67. The summed E-state index contributed by atoms with van der Waals surface area (Å²) in [6.45, 7) is 8.69. The molecule has 1 aromatic carbocycles. The first-order valence-electron chi connectivity index (χ1n) is 6.43. The maximum Gasteiger partial charge on any atom is 0.0237 e. The van der Waals surface area contributed by atoms with E-state index in [1.54, 1.807) is 0 Å². The molecule has 0 saturated heterocycles. The van der Waals surface area contributed by atoms with Gasteiger partial charge in [0.15, 0.2) is 0 Å². The third-order valence-corrected chi connectivity index (χ3v) is 3.20. The lowest BCUT2D eigenvalue weighted by molar-refractivity contribution is 0.224. The maximum absolute atomic E-state index is 3.55. The highest BCUT2D eigenvalue weighted by Gasteiger charge is 2.14. The van der Waals surface area contributed by atoms with E-state index in [0.717, 1.165) is 13.1 Å². The van der Waals surface area contributed by atoms with Gasteiger partial charge in [0.05, 0.1) is 0 Å². The molecule has 0 aromatic heterocycles. The summed E-state index contributed by atoms with van der Waals surface area (Å²) in [5.74, 6) is 0.676. The molecule has 0 aliphatic heterocycles. The lowest BCUT2D eigenvalue weighted by Gasteiger charge is -2.28. The number of hydrogen-bond donors (Lipinski definition) is 1. The SMILES string of the molecule is Cc1cccc(CNCC(C(C)C)N(C)C)c1. The van der Waals surface area contributed by atoms with Crippen molar-refractivity contribution in [3.63, 3.8) is 0 Å². The van der Waals surface area contributed by atoms with E-state index in [0.29, 0.717) is 12.0 Å². The fourth-order valence-corrected chi connectivity index (χ4v) is 2.20. The third kappa shape index (κ3) is 4.88. The molecule has 0 radical (unpaired) electrons. The first-order valence-corrected chi connectivity index (χ1v) is 6.43. The van der Waals surface area contributed by atoms with E-state index >= 15 is 0 Å². The Hall–Kier alpha value is -0.860. The van der Waals surface area contributed by atoms with Gasteiger partial charge >= 0.3 is 0 Å². The van der Waals surface area contributed by atoms with Gasteiger partial charge in [0.1, 0.15) is 0 Å². The van der Waals surface area contributed by atoms with Crippen LogP contribution < -0.4 is 5.32 Å². The average molecular weight is 234 g/mol. The van der Waals surface area contributed by atoms with Crippen LogP contribution in [-0.2, 0) is 6.54 Å². The molecule has 96 valence electrons. The molecule has 1 aromatic rings. The van der Waals surface area contributed by atoms with Crippen LogP contribution in [0.5, 0.6) is 0 Å². The summed E-state index contributed by atoms with van der Waals surface area (Å²) < 4.78 is 0. The average Bonchev–Trinajstić information content (AvgIpc) is 2.23. The molecule has 0 spiro atoms. The van der Waals surface area contributed by atoms with Crippen molar-refractivity contribution in [3.8, 4) is 0 Å². The van der Waals surface area contributed by atoms with Crippen LogP contribution >= 0.6 is 0 Å². The third-order valence-electron chi connectivity index (χ3n) is 3.20. The van der Waals surface area contributed by atoms with Crippen molar-refractivity contribution in [2.24, 2.45) is 5.92 Å². The fraction of sp³-hybridized carbons (Fsp3) is 0.600. The van der Waals surface area contributed by atoms with E-state index < -0.39 is 0 Å². The number of likely N-dealkylation sites (N-methyl/N-ethyl adjacent to an activating group) is 1.